The number of amides is 2. The Balaban J connectivity index is 1.93. The molecule has 0 saturated carbocycles. The van der Waals surface area contributed by atoms with Gasteiger partial charge in [-0.25, -0.2) is 0 Å². The molecule has 7 heteroatoms. The zero-order valence-electron chi connectivity index (χ0n) is 12.3. The third-order valence-corrected chi connectivity index (χ3v) is 4.36. The van der Waals surface area contributed by atoms with Gasteiger partial charge in [-0.3, -0.25) is 14.4 Å². The highest BCUT2D eigenvalue weighted by atomic mass is 32.2. The standard InChI is InChI=1S/C15H18N2O4S/c1-2-21-14(20)8-16-12(18)9-17-13(19)10-22-15(17)11-6-4-3-5-7-11/h3-7,15H,2,8-10H2,1H3,(H,16,18). The fraction of sp³-hybridized carbons (Fsp3) is 0.400. The summed E-state index contributed by atoms with van der Waals surface area (Å²) in [5.74, 6) is -0.586. The fourth-order valence-electron chi connectivity index (χ4n) is 2.11. The average molecular weight is 322 g/mol. The molecule has 22 heavy (non-hydrogen) atoms. The van der Waals surface area contributed by atoms with Gasteiger partial charge < -0.3 is 15.0 Å². The van der Waals surface area contributed by atoms with Crippen LogP contribution in [0.3, 0.4) is 0 Å². The number of ether oxygens (including phenoxy) is 1. The van der Waals surface area contributed by atoms with Crippen LogP contribution in [0.2, 0.25) is 0 Å². The molecule has 0 radical (unpaired) electrons. The first-order valence-corrected chi connectivity index (χ1v) is 8.05. The number of nitrogens with one attached hydrogen (secondary N) is 1. The third-order valence-electron chi connectivity index (χ3n) is 3.10. The van der Waals surface area contributed by atoms with Crippen LogP contribution in [-0.2, 0) is 19.1 Å². The molecule has 6 nitrogen and oxygen atoms in total. The molecule has 1 saturated heterocycles. The van der Waals surface area contributed by atoms with Crippen molar-refractivity contribution in [3.63, 3.8) is 0 Å². The SMILES string of the molecule is CCOC(=O)CNC(=O)CN1C(=O)CSC1c1ccccc1. The molecule has 1 aromatic rings. The van der Waals surface area contributed by atoms with E-state index in [0.29, 0.717) is 5.75 Å². The third kappa shape index (κ3) is 4.24. The van der Waals surface area contributed by atoms with E-state index >= 15 is 0 Å². The molecule has 2 amide bonds. The van der Waals surface area contributed by atoms with Gasteiger partial charge in [-0.05, 0) is 12.5 Å². The number of carbonyl (C=O) groups excluding carboxylic acids is 3. The normalized spacial score (nSPS) is 17.4. The number of benzene rings is 1. The van der Waals surface area contributed by atoms with E-state index < -0.39 is 5.97 Å². The molecule has 1 unspecified atom stereocenters. The second-order valence-corrected chi connectivity index (χ2v) is 5.75. The van der Waals surface area contributed by atoms with Crippen LogP contribution in [0, 0.1) is 0 Å². The van der Waals surface area contributed by atoms with Crippen molar-refractivity contribution in [2.75, 3.05) is 25.4 Å². The van der Waals surface area contributed by atoms with E-state index in [-0.39, 0.29) is 36.9 Å². The Kier molecular flexibility index (Phi) is 5.83. The summed E-state index contributed by atoms with van der Waals surface area (Å²) in [6, 6.07) is 9.57. The first-order valence-electron chi connectivity index (χ1n) is 7.00. The molecule has 1 fully saturated rings. The minimum absolute atomic E-state index is 0.0647. The van der Waals surface area contributed by atoms with Crippen LogP contribution in [0.15, 0.2) is 30.3 Å². The molecule has 2 rings (SSSR count). The quantitative estimate of drug-likeness (QED) is 0.789. The van der Waals surface area contributed by atoms with Crippen LogP contribution in [0.5, 0.6) is 0 Å². The highest BCUT2D eigenvalue weighted by Gasteiger charge is 2.33. The van der Waals surface area contributed by atoms with E-state index in [1.165, 1.54) is 16.7 Å². The minimum atomic E-state index is -0.488. The zero-order chi connectivity index (χ0) is 15.9. The number of esters is 1. The van der Waals surface area contributed by atoms with Crippen LogP contribution in [0.25, 0.3) is 0 Å². The second kappa shape index (κ2) is 7.84. The van der Waals surface area contributed by atoms with E-state index in [0.717, 1.165) is 5.56 Å². The Labute approximate surface area is 133 Å². The van der Waals surface area contributed by atoms with Crippen LogP contribution in [0.1, 0.15) is 17.9 Å². The maximum Gasteiger partial charge on any atom is 0.325 e. The Morgan fingerprint density at radius 3 is 2.77 bits per heavy atom. The minimum Gasteiger partial charge on any atom is -0.465 e. The van der Waals surface area contributed by atoms with Crippen LogP contribution in [-0.4, -0.2) is 48.1 Å². The Bertz CT molecular complexity index is 550. The number of hydrogen-bond donors (Lipinski definition) is 1. The first kappa shape index (κ1) is 16.4. The monoisotopic (exact) mass is 322 g/mol. The molecule has 1 heterocycles. The van der Waals surface area contributed by atoms with Gasteiger partial charge in [0.05, 0.1) is 12.4 Å². The van der Waals surface area contributed by atoms with Crippen LogP contribution >= 0.6 is 11.8 Å². The lowest BCUT2D eigenvalue weighted by molar-refractivity contribution is -0.143. The van der Waals surface area contributed by atoms with E-state index in [9.17, 15) is 14.4 Å². The highest BCUT2D eigenvalue weighted by Crippen LogP contribution is 2.37. The predicted molar refractivity (Wildman–Crippen MR) is 83.0 cm³/mol. The molecule has 0 aliphatic carbocycles. The number of hydrogen-bond acceptors (Lipinski definition) is 5. The summed E-state index contributed by atoms with van der Waals surface area (Å²) in [5.41, 5.74) is 0.983. The van der Waals surface area contributed by atoms with Crippen LogP contribution < -0.4 is 5.32 Å². The molecular formula is C15H18N2O4S. The maximum absolute atomic E-state index is 12.0. The summed E-state index contributed by atoms with van der Waals surface area (Å²) in [6.45, 7) is 1.72. The molecule has 0 bridgehead atoms. The van der Waals surface area contributed by atoms with Gasteiger partial charge >= 0.3 is 5.97 Å². The summed E-state index contributed by atoms with van der Waals surface area (Å²) in [4.78, 5) is 36.6. The molecule has 118 valence electrons. The lowest BCUT2D eigenvalue weighted by Crippen LogP contribution is -2.41. The van der Waals surface area contributed by atoms with Crippen molar-refractivity contribution in [1.29, 1.82) is 0 Å². The molecule has 1 aromatic carbocycles. The van der Waals surface area contributed by atoms with Gasteiger partial charge in [0.2, 0.25) is 11.8 Å². The predicted octanol–water partition coefficient (Wildman–Crippen LogP) is 0.940. The molecule has 1 atom stereocenters. The topological polar surface area (TPSA) is 75.7 Å². The summed E-state index contributed by atoms with van der Waals surface area (Å²) < 4.78 is 4.74. The van der Waals surface area contributed by atoms with Crippen molar-refractivity contribution in [2.45, 2.75) is 12.3 Å². The van der Waals surface area contributed by atoms with E-state index in [1.54, 1.807) is 6.92 Å². The Morgan fingerprint density at radius 1 is 1.36 bits per heavy atom. The molecule has 0 aromatic heterocycles. The summed E-state index contributed by atoms with van der Waals surface area (Å²) in [7, 11) is 0. The van der Waals surface area contributed by atoms with E-state index in [2.05, 4.69) is 5.32 Å². The summed E-state index contributed by atoms with van der Waals surface area (Å²) >= 11 is 1.49. The van der Waals surface area contributed by atoms with Crippen molar-refractivity contribution in [1.82, 2.24) is 10.2 Å². The lowest BCUT2D eigenvalue weighted by Gasteiger charge is -2.23. The van der Waals surface area contributed by atoms with Gasteiger partial charge in [-0.1, -0.05) is 30.3 Å². The van der Waals surface area contributed by atoms with Gasteiger partial charge in [-0.15, -0.1) is 11.8 Å². The summed E-state index contributed by atoms with van der Waals surface area (Å²) in [6.07, 6.45) is 0. The van der Waals surface area contributed by atoms with Gasteiger partial charge in [0.15, 0.2) is 0 Å². The van der Waals surface area contributed by atoms with Crippen molar-refractivity contribution >= 4 is 29.5 Å². The van der Waals surface area contributed by atoms with E-state index in [1.807, 2.05) is 30.3 Å². The lowest BCUT2D eigenvalue weighted by atomic mass is 10.2. The largest absolute Gasteiger partial charge is 0.465 e. The Hall–Kier alpha value is -2.02. The molecule has 0 spiro atoms. The van der Waals surface area contributed by atoms with Crippen molar-refractivity contribution < 1.29 is 19.1 Å². The van der Waals surface area contributed by atoms with Crippen molar-refractivity contribution in [3.8, 4) is 0 Å². The van der Waals surface area contributed by atoms with Gasteiger partial charge in [-0.2, -0.15) is 0 Å². The van der Waals surface area contributed by atoms with Crippen molar-refractivity contribution in [3.05, 3.63) is 35.9 Å². The number of carbonyl (C=O) groups is 3. The maximum atomic E-state index is 12.0. The second-order valence-electron chi connectivity index (χ2n) is 4.68. The summed E-state index contributed by atoms with van der Waals surface area (Å²) in [5, 5.41) is 2.31. The van der Waals surface area contributed by atoms with Crippen molar-refractivity contribution in [2.24, 2.45) is 0 Å². The smallest absolute Gasteiger partial charge is 0.325 e. The zero-order valence-corrected chi connectivity index (χ0v) is 13.1. The first-order chi connectivity index (χ1) is 10.6. The van der Waals surface area contributed by atoms with Crippen LogP contribution in [0.4, 0.5) is 0 Å². The van der Waals surface area contributed by atoms with Gasteiger partial charge in [0.1, 0.15) is 18.5 Å². The molecule has 1 aliphatic heterocycles. The molecule has 1 aliphatic rings. The molecule has 1 N–H and O–H groups in total. The number of nitrogens with zero attached hydrogens (tertiary/aromatic N) is 1. The molecular weight excluding hydrogens is 304 g/mol. The van der Waals surface area contributed by atoms with Gasteiger partial charge in [0.25, 0.3) is 0 Å². The number of thioether (sulfide) groups is 1. The fourth-order valence-corrected chi connectivity index (χ4v) is 3.30. The Morgan fingerprint density at radius 2 is 2.09 bits per heavy atom. The van der Waals surface area contributed by atoms with E-state index in [4.69, 9.17) is 4.74 Å². The number of rotatable bonds is 6. The highest BCUT2D eigenvalue weighted by molar-refractivity contribution is 8.00. The van der Waals surface area contributed by atoms with Gasteiger partial charge in [0, 0.05) is 0 Å². The average Bonchev–Trinajstić information content (AvgIpc) is 2.88.